The van der Waals surface area contributed by atoms with Crippen LogP contribution in [-0.4, -0.2) is 21.7 Å². The van der Waals surface area contributed by atoms with Crippen molar-refractivity contribution in [3.63, 3.8) is 0 Å². The van der Waals surface area contributed by atoms with Gasteiger partial charge in [0.2, 0.25) is 5.91 Å². The number of nitrogens with zero attached hydrogens (tertiary/aromatic N) is 2. The second kappa shape index (κ2) is 9.33. The molecule has 5 nitrogen and oxygen atoms in total. The van der Waals surface area contributed by atoms with Crippen LogP contribution in [0.2, 0.25) is 0 Å². The first-order valence-electron chi connectivity index (χ1n) is 7.63. The normalized spacial score (nSPS) is 11.8. The smallest absolute Gasteiger partial charge is 0.237 e. The largest absolute Gasteiger partial charge is 0.351 e. The first kappa shape index (κ1) is 19.2. The molecule has 1 aromatic carbocycles. The van der Waals surface area contributed by atoms with Crippen LogP contribution in [0.3, 0.4) is 0 Å². The lowest BCUT2D eigenvalue weighted by Gasteiger charge is -2.14. The molecule has 126 valence electrons. The Hall–Kier alpha value is -1.85. The Balaban J connectivity index is 0.00000264. The maximum absolute atomic E-state index is 11.9. The number of carbonyl (C=O) groups is 1. The highest BCUT2D eigenvalue weighted by Crippen LogP contribution is 2.08. The zero-order valence-electron chi connectivity index (χ0n) is 13.6. The third-order valence-corrected chi connectivity index (χ3v) is 3.42. The molecule has 0 aliphatic rings. The topological polar surface area (TPSA) is 72.9 Å². The van der Waals surface area contributed by atoms with Crippen molar-refractivity contribution in [1.82, 2.24) is 15.1 Å². The van der Waals surface area contributed by atoms with Crippen molar-refractivity contribution in [3.8, 4) is 0 Å². The molecule has 1 heterocycles. The number of hydrogen-bond acceptors (Lipinski definition) is 3. The van der Waals surface area contributed by atoms with Gasteiger partial charge in [-0.3, -0.25) is 9.48 Å². The van der Waals surface area contributed by atoms with E-state index in [1.807, 2.05) is 29.1 Å². The molecule has 0 bridgehead atoms. The Labute approximate surface area is 143 Å². The quantitative estimate of drug-likeness (QED) is 0.815. The molecule has 6 heteroatoms. The lowest BCUT2D eigenvalue weighted by atomic mass is 10.0. The molecule has 0 unspecified atom stereocenters. The van der Waals surface area contributed by atoms with Gasteiger partial charge in [-0.25, -0.2) is 0 Å². The third kappa shape index (κ3) is 6.42. The van der Waals surface area contributed by atoms with Gasteiger partial charge in [-0.2, -0.15) is 5.10 Å². The fourth-order valence-corrected chi connectivity index (χ4v) is 2.35. The molecule has 0 saturated heterocycles. The summed E-state index contributed by atoms with van der Waals surface area (Å²) < 4.78 is 1.87. The molecule has 0 saturated carbocycles. The number of nitrogens with one attached hydrogen (secondary N) is 1. The van der Waals surface area contributed by atoms with E-state index in [0.29, 0.717) is 18.9 Å². The molecule has 23 heavy (non-hydrogen) atoms. The van der Waals surface area contributed by atoms with E-state index in [1.54, 1.807) is 6.20 Å². The molecule has 3 N–H and O–H groups in total. The van der Waals surface area contributed by atoms with Crippen molar-refractivity contribution in [3.05, 3.63) is 53.9 Å². The van der Waals surface area contributed by atoms with Crippen LogP contribution in [0, 0.1) is 5.92 Å². The SMILES string of the molecule is CC(C)C[C@H](N)C(=O)NCc1cccc(Cn2cccn2)c1.Cl. The first-order valence-corrected chi connectivity index (χ1v) is 7.63. The maximum Gasteiger partial charge on any atom is 0.237 e. The third-order valence-electron chi connectivity index (χ3n) is 3.42. The molecule has 0 spiro atoms. The van der Waals surface area contributed by atoms with Gasteiger partial charge < -0.3 is 11.1 Å². The van der Waals surface area contributed by atoms with E-state index in [4.69, 9.17) is 5.73 Å². The van der Waals surface area contributed by atoms with Crippen LogP contribution < -0.4 is 11.1 Å². The molecule has 1 aromatic heterocycles. The summed E-state index contributed by atoms with van der Waals surface area (Å²) in [6.45, 7) is 5.34. The van der Waals surface area contributed by atoms with Crippen LogP contribution in [-0.2, 0) is 17.9 Å². The van der Waals surface area contributed by atoms with Crippen molar-refractivity contribution in [2.75, 3.05) is 0 Å². The van der Waals surface area contributed by atoms with Crippen molar-refractivity contribution < 1.29 is 4.79 Å². The fourth-order valence-electron chi connectivity index (χ4n) is 2.35. The standard InChI is InChI=1S/C17H24N4O.ClH/c1-13(2)9-16(18)17(22)19-11-14-5-3-6-15(10-14)12-21-8-4-7-20-21;/h3-8,10,13,16H,9,11-12,18H2,1-2H3,(H,19,22);1H/t16-;/m0./s1. The van der Waals surface area contributed by atoms with E-state index in [2.05, 4.69) is 36.4 Å². The van der Waals surface area contributed by atoms with Gasteiger partial charge in [0, 0.05) is 18.9 Å². The van der Waals surface area contributed by atoms with Crippen molar-refractivity contribution in [2.24, 2.45) is 11.7 Å². The van der Waals surface area contributed by atoms with Crippen molar-refractivity contribution >= 4 is 18.3 Å². The van der Waals surface area contributed by atoms with E-state index >= 15 is 0 Å². The molecule has 0 fully saturated rings. The summed E-state index contributed by atoms with van der Waals surface area (Å²) in [7, 11) is 0. The highest BCUT2D eigenvalue weighted by Gasteiger charge is 2.14. The Kier molecular flexibility index (Phi) is 7.78. The summed E-state index contributed by atoms with van der Waals surface area (Å²) in [5, 5.41) is 7.10. The van der Waals surface area contributed by atoms with Gasteiger partial charge in [0.25, 0.3) is 0 Å². The molecular formula is C17H25ClN4O. The number of hydrogen-bond donors (Lipinski definition) is 2. The molecule has 2 rings (SSSR count). The second-order valence-electron chi connectivity index (χ2n) is 5.98. The predicted octanol–water partition coefficient (Wildman–Crippen LogP) is 2.34. The second-order valence-corrected chi connectivity index (χ2v) is 5.98. The highest BCUT2D eigenvalue weighted by molar-refractivity contribution is 5.85. The minimum Gasteiger partial charge on any atom is -0.351 e. The van der Waals surface area contributed by atoms with Gasteiger partial charge in [0.05, 0.1) is 12.6 Å². The van der Waals surface area contributed by atoms with Gasteiger partial charge in [0.15, 0.2) is 0 Å². The van der Waals surface area contributed by atoms with Crippen LogP contribution >= 0.6 is 12.4 Å². The zero-order chi connectivity index (χ0) is 15.9. The minimum absolute atomic E-state index is 0. The van der Waals surface area contributed by atoms with Crippen LogP contribution in [0.15, 0.2) is 42.7 Å². The first-order chi connectivity index (χ1) is 10.5. The van der Waals surface area contributed by atoms with E-state index in [1.165, 1.54) is 0 Å². The van der Waals surface area contributed by atoms with Gasteiger partial charge in [-0.15, -0.1) is 12.4 Å². The van der Waals surface area contributed by atoms with Crippen LogP contribution in [0.25, 0.3) is 0 Å². The van der Waals surface area contributed by atoms with E-state index in [0.717, 1.165) is 17.7 Å². The molecule has 1 atom stereocenters. The van der Waals surface area contributed by atoms with Crippen molar-refractivity contribution in [2.45, 2.75) is 39.4 Å². The fraction of sp³-hybridized carbons (Fsp3) is 0.412. The Morgan fingerprint density at radius 3 is 2.70 bits per heavy atom. The molecular weight excluding hydrogens is 312 g/mol. The maximum atomic E-state index is 11.9. The Morgan fingerprint density at radius 2 is 2.04 bits per heavy atom. The zero-order valence-corrected chi connectivity index (χ0v) is 14.4. The predicted molar refractivity (Wildman–Crippen MR) is 94.3 cm³/mol. The van der Waals surface area contributed by atoms with E-state index in [-0.39, 0.29) is 18.3 Å². The van der Waals surface area contributed by atoms with Gasteiger partial charge in [0.1, 0.15) is 0 Å². The number of carbonyl (C=O) groups excluding carboxylic acids is 1. The summed E-state index contributed by atoms with van der Waals surface area (Å²) in [6, 6.07) is 9.59. The molecule has 2 aromatic rings. The van der Waals surface area contributed by atoms with Gasteiger partial charge >= 0.3 is 0 Å². The van der Waals surface area contributed by atoms with Crippen LogP contribution in [0.4, 0.5) is 0 Å². The van der Waals surface area contributed by atoms with E-state index < -0.39 is 6.04 Å². The number of nitrogens with two attached hydrogens (primary N) is 1. The summed E-state index contributed by atoms with van der Waals surface area (Å²) in [4.78, 5) is 11.9. The minimum atomic E-state index is -0.438. The summed E-state index contributed by atoms with van der Waals surface area (Å²) in [5.74, 6) is 0.323. The van der Waals surface area contributed by atoms with Crippen LogP contribution in [0.1, 0.15) is 31.4 Å². The number of rotatable bonds is 7. The molecule has 0 radical (unpaired) electrons. The van der Waals surface area contributed by atoms with Gasteiger partial charge in [-0.05, 0) is 29.5 Å². The van der Waals surface area contributed by atoms with Crippen molar-refractivity contribution in [1.29, 1.82) is 0 Å². The number of aromatic nitrogens is 2. The summed E-state index contributed by atoms with van der Waals surface area (Å²) in [5.41, 5.74) is 8.10. The summed E-state index contributed by atoms with van der Waals surface area (Å²) >= 11 is 0. The number of halogens is 1. The lowest BCUT2D eigenvalue weighted by Crippen LogP contribution is -2.41. The monoisotopic (exact) mass is 336 g/mol. The molecule has 0 aliphatic heterocycles. The molecule has 0 aliphatic carbocycles. The average Bonchev–Trinajstić information content (AvgIpc) is 2.97. The Bertz CT molecular complexity index is 598. The molecule has 1 amide bonds. The van der Waals surface area contributed by atoms with Gasteiger partial charge in [-0.1, -0.05) is 38.1 Å². The Morgan fingerprint density at radius 1 is 1.30 bits per heavy atom. The number of amides is 1. The summed E-state index contributed by atoms with van der Waals surface area (Å²) in [6.07, 6.45) is 4.39. The average molecular weight is 337 g/mol. The van der Waals surface area contributed by atoms with Crippen LogP contribution in [0.5, 0.6) is 0 Å². The number of benzene rings is 1. The highest BCUT2D eigenvalue weighted by atomic mass is 35.5. The lowest BCUT2D eigenvalue weighted by molar-refractivity contribution is -0.122. The van der Waals surface area contributed by atoms with E-state index in [9.17, 15) is 4.79 Å².